The number of ether oxygens (including phenoxy) is 2. The Bertz CT molecular complexity index is 818. The molecule has 0 bridgehead atoms. The van der Waals surface area contributed by atoms with Crippen molar-refractivity contribution < 1.29 is 9.47 Å². The van der Waals surface area contributed by atoms with E-state index in [2.05, 4.69) is 23.0 Å². The van der Waals surface area contributed by atoms with E-state index >= 15 is 0 Å². The summed E-state index contributed by atoms with van der Waals surface area (Å²) in [7, 11) is 0. The van der Waals surface area contributed by atoms with Crippen LogP contribution in [0, 0.1) is 0 Å². The second-order valence-corrected chi connectivity index (χ2v) is 7.65. The Labute approximate surface area is 177 Å². The van der Waals surface area contributed by atoms with E-state index in [1.54, 1.807) is 12.2 Å². The first-order valence-electron chi connectivity index (χ1n) is 10.9. The molecule has 0 N–H and O–H groups in total. The average Bonchev–Trinajstić information content (AvgIpc) is 2.81. The molecule has 8 heteroatoms. The molecule has 0 aromatic carbocycles. The van der Waals surface area contributed by atoms with Crippen molar-refractivity contribution in [2.75, 3.05) is 49.2 Å². The van der Waals surface area contributed by atoms with E-state index in [1.165, 1.54) is 12.8 Å². The zero-order valence-corrected chi connectivity index (χ0v) is 17.6. The maximum absolute atomic E-state index is 5.75. The quantitative estimate of drug-likeness (QED) is 0.612. The number of fused-ring (bicyclic) bond motifs is 1. The summed E-state index contributed by atoms with van der Waals surface area (Å²) in [5, 5.41) is 0. The summed E-state index contributed by atoms with van der Waals surface area (Å²) in [6.45, 7) is 11.9. The van der Waals surface area contributed by atoms with Crippen molar-refractivity contribution in [3.8, 4) is 12.0 Å². The van der Waals surface area contributed by atoms with Crippen LogP contribution in [-0.4, -0.2) is 59.3 Å². The van der Waals surface area contributed by atoms with Crippen molar-refractivity contribution in [3.63, 3.8) is 0 Å². The van der Waals surface area contributed by atoms with Crippen LogP contribution >= 0.6 is 0 Å². The molecule has 0 radical (unpaired) electrons. The van der Waals surface area contributed by atoms with Gasteiger partial charge in [0.25, 0.3) is 0 Å². The first-order chi connectivity index (χ1) is 14.8. The fraction of sp³-hybridized carbons (Fsp3) is 0.545. The van der Waals surface area contributed by atoms with Gasteiger partial charge in [-0.25, -0.2) is 0 Å². The molecule has 2 aliphatic rings. The molecule has 30 heavy (non-hydrogen) atoms. The lowest BCUT2D eigenvalue weighted by Crippen LogP contribution is -2.32. The lowest BCUT2D eigenvalue weighted by Gasteiger charge is -2.30. The lowest BCUT2D eigenvalue weighted by atomic mass is 10.1. The van der Waals surface area contributed by atoms with E-state index < -0.39 is 0 Å². The lowest BCUT2D eigenvalue weighted by molar-refractivity contribution is 0.331. The molecule has 2 aromatic heterocycles. The number of nitrogens with zero attached hydrogens (tertiary/aromatic N) is 6. The molecule has 0 amide bonds. The van der Waals surface area contributed by atoms with Gasteiger partial charge in [-0.3, -0.25) is 0 Å². The van der Waals surface area contributed by atoms with Crippen molar-refractivity contribution in [2.24, 2.45) is 0 Å². The monoisotopic (exact) mass is 410 g/mol. The predicted octanol–water partition coefficient (Wildman–Crippen LogP) is 3.53. The first kappa shape index (κ1) is 20.4. The van der Waals surface area contributed by atoms with E-state index in [0.717, 1.165) is 74.5 Å². The molecule has 0 aliphatic carbocycles. The molecule has 160 valence electrons. The van der Waals surface area contributed by atoms with Crippen LogP contribution in [0.4, 0.5) is 11.6 Å². The van der Waals surface area contributed by atoms with Crippen molar-refractivity contribution in [3.05, 3.63) is 25.3 Å². The largest absolute Gasteiger partial charge is 0.459 e. The topological polar surface area (TPSA) is 76.5 Å². The Balaban J connectivity index is 1.87. The molecular weight excluding hydrogens is 380 g/mol. The summed E-state index contributed by atoms with van der Waals surface area (Å²) in [5.74, 6) is 1.59. The van der Waals surface area contributed by atoms with Gasteiger partial charge >= 0.3 is 12.0 Å². The Morgan fingerprint density at radius 1 is 0.633 bits per heavy atom. The van der Waals surface area contributed by atoms with E-state index in [1.807, 2.05) is 0 Å². The van der Waals surface area contributed by atoms with Crippen LogP contribution in [0.15, 0.2) is 25.3 Å². The second-order valence-electron chi connectivity index (χ2n) is 7.65. The molecule has 2 fully saturated rings. The average molecular weight is 411 g/mol. The van der Waals surface area contributed by atoms with Gasteiger partial charge < -0.3 is 19.3 Å². The van der Waals surface area contributed by atoms with Crippen LogP contribution < -0.4 is 19.3 Å². The minimum absolute atomic E-state index is 0.338. The van der Waals surface area contributed by atoms with E-state index in [9.17, 15) is 0 Å². The van der Waals surface area contributed by atoms with Crippen LogP contribution in [0.1, 0.15) is 38.5 Å². The highest BCUT2D eigenvalue weighted by Crippen LogP contribution is 2.34. The van der Waals surface area contributed by atoms with Gasteiger partial charge in [0, 0.05) is 26.2 Å². The molecule has 8 nitrogen and oxygen atoms in total. The molecule has 2 aliphatic heterocycles. The first-order valence-corrected chi connectivity index (χ1v) is 10.9. The minimum Gasteiger partial charge on any atom is -0.459 e. The van der Waals surface area contributed by atoms with Crippen molar-refractivity contribution >= 4 is 22.7 Å². The van der Waals surface area contributed by atoms with E-state index in [4.69, 9.17) is 29.4 Å². The zero-order chi connectivity index (χ0) is 20.8. The fourth-order valence-corrected chi connectivity index (χ4v) is 3.99. The van der Waals surface area contributed by atoms with E-state index in [-0.39, 0.29) is 0 Å². The third-order valence-electron chi connectivity index (χ3n) is 5.44. The third kappa shape index (κ3) is 4.47. The minimum atomic E-state index is 0.338. The Morgan fingerprint density at radius 3 is 1.40 bits per heavy atom. The van der Waals surface area contributed by atoms with Crippen LogP contribution in [0.2, 0.25) is 0 Å². The summed E-state index contributed by atoms with van der Waals surface area (Å²) in [4.78, 5) is 23.4. The Hall–Kier alpha value is -2.90. The van der Waals surface area contributed by atoms with Gasteiger partial charge in [0.05, 0.1) is 0 Å². The van der Waals surface area contributed by atoms with Gasteiger partial charge in [-0.1, -0.05) is 25.3 Å². The molecule has 4 heterocycles. The van der Waals surface area contributed by atoms with Crippen LogP contribution in [0.5, 0.6) is 12.0 Å². The highest BCUT2D eigenvalue weighted by Gasteiger charge is 2.25. The Morgan fingerprint density at radius 2 is 1.03 bits per heavy atom. The van der Waals surface area contributed by atoms with Gasteiger partial charge in [-0.2, -0.15) is 19.9 Å². The van der Waals surface area contributed by atoms with Crippen LogP contribution in [-0.2, 0) is 0 Å². The molecule has 0 atom stereocenters. The van der Waals surface area contributed by atoms with Crippen LogP contribution in [0.25, 0.3) is 11.0 Å². The van der Waals surface area contributed by atoms with Crippen molar-refractivity contribution in [1.82, 2.24) is 19.9 Å². The van der Waals surface area contributed by atoms with Gasteiger partial charge in [-0.15, -0.1) is 0 Å². The van der Waals surface area contributed by atoms with E-state index in [0.29, 0.717) is 25.2 Å². The van der Waals surface area contributed by atoms with Gasteiger partial charge in [0.1, 0.15) is 24.2 Å². The normalized spacial score (nSPS) is 17.1. The van der Waals surface area contributed by atoms with Crippen molar-refractivity contribution in [2.45, 2.75) is 38.5 Å². The highest BCUT2D eigenvalue weighted by atomic mass is 16.5. The number of rotatable bonds is 8. The summed E-state index contributed by atoms with van der Waals surface area (Å²) < 4.78 is 11.5. The van der Waals surface area contributed by atoms with Crippen molar-refractivity contribution in [1.29, 1.82) is 0 Å². The van der Waals surface area contributed by atoms with Gasteiger partial charge in [0.15, 0.2) is 11.6 Å². The number of hydrogen-bond acceptors (Lipinski definition) is 8. The molecule has 0 spiro atoms. The SMILES string of the molecule is C=CCOc1nc(N2CCCCC2)c2nc(OCC=C)nc(N3CCCCC3)c2n1. The standard InChI is InChI=1S/C22H30N6O2/c1-3-15-29-21-23-17-18(19(25-21)27-11-7-5-8-12-27)24-22(30-16-4-2)26-20(17)28-13-9-6-10-14-28/h3-4H,1-2,5-16H2. The smallest absolute Gasteiger partial charge is 0.319 e. The molecule has 4 rings (SSSR count). The summed E-state index contributed by atoms with van der Waals surface area (Å²) >= 11 is 0. The number of piperidine rings is 2. The molecular formula is C22H30N6O2. The summed E-state index contributed by atoms with van der Waals surface area (Å²) in [6, 6.07) is 0.675. The Kier molecular flexibility index (Phi) is 6.61. The summed E-state index contributed by atoms with van der Waals surface area (Å²) in [5.41, 5.74) is 1.44. The number of hydrogen-bond donors (Lipinski definition) is 0. The molecule has 2 aromatic rings. The second kappa shape index (κ2) is 9.73. The fourth-order valence-electron chi connectivity index (χ4n) is 3.99. The maximum Gasteiger partial charge on any atom is 0.319 e. The van der Waals surface area contributed by atoms with Crippen LogP contribution in [0.3, 0.4) is 0 Å². The molecule has 0 unspecified atom stereocenters. The third-order valence-corrected chi connectivity index (χ3v) is 5.44. The highest BCUT2D eigenvalue weighted by molar-refractivity contribution is 5.93. The number of anilines is 2. The summed E-state index contributed by atoms with van der Waals surface area (Å²) in [6.07, 6.45) is 10.4. The zero-order valence-electron chi connectivity index (χ0n) is 17.6. The predicted molar refractivity (Wildman–Crippen MR) is 119 cm³/mol. The molecule has 2 saturated heterocycles. The maximum atomic E-state index is 5.75. The van der Waals surface area contributed by atoms with Gasteiger partial charge in [0.2, 0.25) is 0 Å². The van der Waals surface area contributed by atoms with Gasteiger partial charge in [-0.05, 0) is 38.5 Å². The molecule has 0 saturated carbocycles. The number of aromatic nitrogens is 4.